The summed E-state index contributed by atoms with van der Waals surface area (Å²) in [4.78, 5) is 0. The predicted molar refractivity (Wildman–Crippen MR) is 55.6 cm³/mol. The predicted octanol–water partition coefficient (Wildman–Crippen LogP) is 2.59. The third-order valence-corrected chi connectivity index (χ3v) is 2.46. The highest BCUT2D eigenvalue weighted by Crippen LogP contribution is 2.26. The highest BCUT2D eigenvalue weighted by Gasteiger charge is 2.26. The Morgan fingerprint density at radius 2 is 1.94 bits per heavy atom. The topological polar surface area (TPSA) is 44.0 Å². The van der Waals surface area contributed by atoms with E-state index in [1.165, 1.54) is 6.07 Å². The van der Waals surface area contributed by atoms with Crippen LogP contribution in [0.1, 0.15) is 25.3 Å². The summed E-state index contributed by atoms with van der Waals surface area (Å²) in [6.07, 6.45) is -0.968. The van der Waals surface area contributed by atoms with Gasteiger partial charge in [0.15, 0.2) is 0 Å². The van der Waals surface area contributed by atoms with Gasteiger partial charge in [0.25, 0.3) is 0 Å². The highest BCUT2D eigenvalue weighted by atomic mass is 19.1. The van der Waals surface area contributed by atoms with Crippen LogP contribution >= 0.6 is 0 Å². The number of aliphatic hydroxyl groups is 1. The minimum atomic E-state index is -0.972. The molecule has 2 atom stereocenters. The van der Waals surface area contributed by atoms with Crippen LogP contribution < -0.4 is 0 Å². The van der Waals surface area contributed by atoms with Crippen molar-refractivity contribution in [1.29, 1.82) is 5.26 Å². The van der Waals surface area contributed by atoms with Gasteiger partial charge in [-0.15, -0.1) is 0 Å². The van der Waals surface area contributed by atoms with Gasteiger partial charge in [0.2, 0.25) is 0 Å². The standard InChI is InChI=1S/C12H13F2NO/c1-7(2)12(16)10(6-15)9-4-3-8(13)5-11(9)14/h3-5,7,10,12,16H,1-2H3. The SMILES string of the molecule is CC(C)C(O)C(C#N)c1ccc(F)cc1F. The first-order valence-corrected chi connectivity index (χ1v) is 5.00. The summed E-state index contributed by atoms with van der Waals surface area (Å²) in [7, 11) is 0. The summed E-state index contributed by atoms with van der Waals surface area (Å²) in [5.41, 5.74) is 0.0325. The van der Waals surface area contributed by atoms with Crippen molar-refractivity contribution in [2.75, 3.05) is 0 Å². The summed E-state index contributed by atoms with van der Waals surface area (Å²) in [6, 6.07) is 4.84. The van der Waals surface area contributed by atoms with Crippen molar-refractivity contribution in [2.45, 2.75) is 25.9 Å². The Balaban J connectivity index is 3.10. The Bertz CT molecular complexity index is 412. The molecule has 1 aromatic rings. The van der Waals surface area contributed by atoms with Crippen LogP contribution in [0.15, 0.2) is 18.2 Å². The zero-order valence-corrected chi connectivity index (χ0v) is 9.11. The second kappa shape index (κ2) is 5.04. The smallest absolute Gasteiger partial charge is 0.130 e. The fraction of sp³-hybridized carbons (Fsp3) is 0.417. The molecule has 0 aliphatic rings. The van der Waals surface area contributed by atoms with Crippen LogP contribution in [0, 0.1) is 28.9 Å². The van der Waals surface area contributed by atoms with Gasteiger partial charge in [-0.25, -0.2) is 8.78 Å². The molecule has 1 rings (SSSR count). The van der Waals surface area contributed by atoms with Crippen LogP contribution in [0.25, 0.3) is 0 Å². The molecule has 0 aliphatic heterocycles. The zero-order chi connectivity index (χ0) is 12.3. The van der Waals surface area contributed by atoms with E-state index in [1.54, 1.807) is 13.8 Å². The van der Waals surface area contributed by atoms with Gasteiger partial charge in [0.1, 0.15) is 17.6 Å². The molecule has 0 aromatic heterocycles. The van der Waals surface area contributed by atoms with Gasteiger partial charge in [0.05, 0.1) is 12.2 Å². The fourth-order valence-corrected chi connectivity index (χ4v) is 1.47. The van der Waals surface area contributed by atoms with E-state index in [9.17, 15) is 13.9 Å². The summed E-state index contributed by atoms with van der Waals surface area (Å²) in [5, 5.41) is 18.7. The number of hydrogen-bond donors (Lipinski definition) is 1. The van der Waals surface area contributed by atoms with Gasteiger partial charge in [-0.1, -0.05) is 19.9 Å². The molecule has 0 saturated carbocycles. The van der Waals surface area contributed by atoms with Gasteiger partial charge in [-0.3, -0.25) is 0 Å². The van der Waals surface area contributed by atoms with Crippen LogP contribution in [0.2, 0.25) is 0 Å². The summed E-state index contributed by atoms with van der Waals surface area (Å²) in [6.45, 7) is 3.47. The van der Waals surface area contributed by atoms with Crippen molar-refractivity contribution < 1.29 is 13.9 Å². The number of benzene rings is 1. The largest absolute Gasteiger partial charge is 0.391 e. The Kier molecular flexibility index (Phi) is 3.97. The van der Waals surface area contributed by atoms with E-state index in [1.807, 2.05) is 6.07 Å². The molecule has 0 bridgehead atoms. The summed E-state index contributed by atoms with van der Waals surface area (Å²) < 4.78 is 26.1. The molecular formula is C12H13F2NO. The minimum absolute atomic E-state index is 0.0325. The molecule has 2 nitrogen and oxygen atoms in total. The molecule has 0 heterocycles. The lowest BCUT2D eigenvalue weighted by Crippen LogP contribution is -2.24. The van der Waals surface area contributed by atoms with Gasteiger partial charge < -0.3 is 5.11 Å². The molecule has 4 heteroatoms. The number of aliphatic hydroxyl groups excluding tert-OH is 1. The number of nitrogens with zero attached hydrogens (tertiary/aromatic N) is 1. The average molecular weight is 225 g/mol. The normalized spacial score (nSPS) is 14.6. The van der Waals surface area contributed by atoms with Crippen LogP contribution in [0.5, 0.6) is 0 Å². The van der Waals surface area contributed by atoms with Crippen LogP contribution in [-0.4, -0.2) is 11.2 Å². The molecule has 0 aliphatic carbocycles. The molecule has 1 N–H and O–H groups in total. The van der Waals surface area contributed by atoms with E-state index < -0.39 is 23.7 Å². The highest BCUT2D eigenvalue weighted by molar-refractivity contribution is 5.28. The van der Waals surface area contributed by atoms with Crippen molar-refractivity contribution in [3.8, 4) is 6.07 Å². The van der Waals surface area contributed by atoms with E-state index in [2.05, 4.69) is 0 Å². The Morgan fingerprint density at radius 1 is 1.31 bits per heavy atom. The first kappa shape index (κ1) is 12.6. The van der Waals surface area contributed by atoms with E-state index in [0.717, 1.165) is 6.07 Å². The van der Waals surface area contributed by atoms with Gasteiger partial charge in [-0.05, 0) is 12.0 Å². The van der Waals surface area contributed by atoms with Gasteiger partial charge in [-0.2, -0.15) is 5.26 Å². The van der Waals surface area contributed by atoms with E-state index in [-0.39, 0.29) is 11.5 Å². The van der Waals surface area contributed by atoms with Crippen LogP contribution in [0.4, 0.5) is 8.78 Å². The van der Waals surface area contributed by atoms with Crippen molar-refractivity contribution in [3.05, 3.63) is 35.4 Å². The molecule has 2 unspecified atom stereocenters. The third-order valence-electron chi connectivity index (χ3n) is 2.46. The lowest BCUT2D eigenvalue weighted by Gasteiger charge is -2.20. The van der Waals surface area contributed by atoms with E-state index in [0.29, 0.717) is 6.07 Å². The first-order chi connectivity index (χ1) is 7.47. The number of nitriles is 1. The average Bonchev–Trinajstić information content (AvgIpc) is 2.21. The van der Waals surface area contributed by atoms with Crippen LogP contribution in [0.3, 0.4) is 0 Å². The minimum Gasteiger partial charge on any atom is -0.391 e. The van der Waals surface area contributed by atoms with E-state index in [4.69, 9.17) is 5.26 Å². The number of halogens is 2. The van der Waals surface area contributed by atoms with Gasteiger partial charge in [0, 0.05) is 11.6 Å². The van der Waals surface area contributed by atoms with Crippen molar-refractivity contribution in [3.63, 3.8) is 0 Å². The molecule has 86 valence electrons. The maximum atomic E-state index is 13.4. The quantitative estimate of drug-likeness (QED) is 0.859. The first-order valence-electron chi connectivity index (χ1n) is 5.00. The number of hydrogen-bond acceptors (Lipinski definition) is 2. The molecular weight excluding hydrogens is 212 g/mol. The monoisotopic (exact) mass is 225 g/mol. The Morgan fingerprint density at radius 3 is 2.38 bits per heavy atom. The lowest BCUT2D eigenvalue weighted by molar-refractivity contribution is 0.112. The Labute approximate surface area is 93.1 Å². The van der Waals surface area contributed by atoms with Crippen molar-refractivity contribution >= 4 is 0 Å². The molecule has 0 saturated heterocycles. The summed E-state index contributed by atoms with van der Waals surface area (Å²) in [5.74, 6) is -2.64. The molecule has 0 spiro atoms. The molecule has 1 aromatic carbocycles. The summed E-state index contributed by atoms with van der Waals surface area (Å²) >= 11 is 0. The fourth-order valence-electron chi connectivity index (χ4n) is 1.47. The van der Waals surface area contributed by atoms with Crippen molar-refractivity contribution in [2.24, 2.45) is 5.92 Å². The molecule has 0 fully saturated rings. The van der Waals surface area contributed by atoms with Crippen LogP contribution in [-0.2, 0) is 0 Å². The lowest BCUT2D eigenvalue weighted by atomic mass is 9.88. The number of rotatable bonds is 3. The maximum absolute atomic E-state index is 13.4. The van der Waals surface area contributed by atoms with Crippen molar-refractivity contribution in [1.82, 2.24) is 0 Å². The molecule has 16 heavy (non-hydrogen) atoms. The molecule has 0 radical (unpaired) electrons. The second-order valence-corrected chi connectivity index (χ2v) is 4.01. The third kappa shape index (κ3) is 2.56. The Hall–Kier alpha value is -1.47. The van der Waals surface area contributed by atoms with E-state index >= 15 is 0 Å². The molecule has 0 amide bonds. The second-order valence-electron chi connectivity index (χ2n) is 4.01. The zero-order valence-electron chi connectivity index (χ0n) is 9.11. The van der Waals surface area contributed by atoms with Gasteiger partial charge >= 0.3 is 0 Å². The maximum Gasteiger partial charge on any atom is 0.130 e.